The van der Waals surface area contributed by atoms with Crippen LogP contribution in [0.4, 0.5) is 0 Å². The summed E-state index contributed by atoms with van der Waals surface area (Å²) in [4.78, 5) is 15.5. The molecule has 0 spiro atoms. The van der Waals surface area contributed by atoms with Crippen molar-refractivity contribution < 1.29 is 9.90 Å². The number of carboxylic acid groups (broad SMARTS) is 1. The highest BCUT2D eigenvalue weighted by Gasteiger charge is 2.21. The number of carboxylic acids is 1. The standard InChI is InChI=1S/C16H24N2O2/c1-14-12-17(13-15-6-3-2-4-7-15)9-5-10-18(14)11-8-16(19)20/h2-4,6-7,14H,5,8-13H2,1H3,(H,19,20). The molecule has 4 heteroatoms. The molecular formula is C16H24N2O2. The average molecular weight is 276 g/mol. The van der Waals surface area contributed by atoms with Crippen LogP contribution in [0.3, 0.4) is 0 Å². The van der Waals surface area contributed by atoms with Gasteiger partial charge in [-0.3, -0.25) is 14.6 Å². The van der Waals surface area contributed by atoms with Gasteiger partial charge in [-0.05, 0) is 32.0 Å². The van der Waals surface area contributed by atoms with E-state index in [4.69, 9.17) is 5.11 Å². The molecule has 1 fully saturated rings. The molecule has 1 unspecified atom stereocenters. The van der Waals surface area contributed by atoms with E-state index >= 15 is 0 Å². The number of hydrogen-bond donors (Lipinski definition) is 1. The van der Waals surface area contributed by atoms with Gasteiger partial charge in [0.1, 0.15) is 0 Å². The van der Waals surface area contributed by atoms with E-state index < -0.39 is 5.97 Å². The van der Waals surface area contributed by atoms with Crippen LogP contribution in [-0.2, 0) is 11.3 Å². The van der Waals surface area contributed by atoms with Crippen LogP contribution in [-0.4, -0.2) is 53.1 Å². The van der Waals surface area contributed by atoms with Crippen molar-refractivity contribution in [2.24, 2.45) is 0 Å². The van der Waals surface area contributed by atoms with Gasteiger partial charge in [0, 0.05) is 25.7 Å². The lowest BCUT2D eigenvalue weighted by molar-refractivity contribution is -0.137. The smallest absolute Gasteiger partial charge is 0.304 e. The van der Waals surface area contributed by atoms with Crippen LogP contribution in [0, 0.1) is 0 Å². The predicted octanol–water partition coefficient (Wildman–Crippen LogP) is 2.06. The minimum Gasteiger partial charge on any atom is -0.481 e. The highest BCUT2D eigenvalue weighted by atomic mass is 16.4. The topological polar surface area (TPSA) is 43.8 Å². The molecule has 0 radical (unpaired) electrons. The van der Waals surface area contributed by atoms with Gasteiger partial charge in [-0.15, -0.1) is 0 Å². The zero-order chi connectivity index (χ0) is 14.4. The van der Waals surface area contributed by atoms with Crippen molar-refractivity contribution in [2.45, 2.75) is 32.4 Å². The average Bonchev–Trinajstić information content (AvgIpc) is 2.59. The lowest BCUT2D eigenvalue weighted by Crippen LogP contribution is -2.39. The highest BCUT2D eigenvalue weighted by molar-refractivity contribution is 5.66. The molecule has 1 aromatic carbocycles. The quantitative estimate of drug-likeness (QED) is 0.894. The Kier molecular flexibility index (Phi) is 5.56. The highest BCUT2D eigenvalue weighted by Crippen LogP contribution is 2.13. The predicted molar refractivity (Wildman–Crippen MR) is 79.6 cm³/mol. The Balaban J connectivity index is 1.87. The number of rotatable bonds is 5. The van der Waals surface area contributed by atoms with E-state index in [2.05, 4.69) is 41.0 Å². The van der Waals surface area contributed by atoms with E-state index in [0.29, 0.717) is 12.6 Å². The van der Waals surface area contributed by atoms with Crippen LogP contribution < -0.4 is 0 Å². The largest absolute Gasteiger partial charge is 0.481 e. The molecule has 1 aromatic rings. The van der Waals surface area contributed by atoms with E-state index in [0.717, 1.165) is 32.6 Å². The Morgan fingerprint density at radius 3 is 2.75 bits per heavy atom. The Morgan fingerprint density at radius 1 is 1.30 bits per heavy atom. The second kappa shape index (κ2) is 7.41. The van der Waals surface area contributed by atoms with Crippen LogP contribution >= 0.6 is 0 Å². The molecule has 20 heavy (non-hydrogen) atoms. The normalized spacial score (nSPS) is 21.6. The molecule has 1 N–H and O–H groups in total. The first-order valence-electron chi connectivity index (χ1n) is 7.37. The van der Waals surface area contributed by atoms with Gasteiger partial charge in [-0.2, -0.15) is 0 Å². The fraction of sp³-hybridized carbons (Fsp3) is 0.562. The summed E-state index contributed by atoms with van der Waals surface area (Å²) in [6.45, 7) is 6.94. The molecule has 1 aliphatic rings. The summed E-state index contributed by atoms with van der Waals surface area (Å²) in [7, 11) is 0. The first-order chi connectivity index (χ1) is 9.65. The minimum atomic E-state index is -0.706. The first-order valence-corrected chi connectivity index (χ1v) is 7.37. The second-order valence-electron chi connectivity index (χ2n) is 5.60. The maximum atomic E-state index is 10.7. The Labute approximate surface area is 121 Å². The summed E-state index contributed by atoms with van der Waals surface area (Å²) < 4.78 is 0. The molecular weight excluding hydrogens is 252 g/mol. The molecule has 0 amide bonds. The molecule has 0 aromatic heterocycles. The van der Waals surface area contributed by atoms with Gasteiger partial charge in [0.25, 0.3) is 0 Å². The van der Waals surface area contributed by atoms with E-state index in [1.54, 1.807) is 0 Å². The van der Waals surface area contributed by atoms with Crippen LogP contribution in [0.25, 0.3) is 0 Å². The Hall–Kier alpha value is -1.39. The molecule has 1 heterocycles. The number of benzene rings is 1. The van der Waals surface area contributed by atoms with Crippen LogP contribution in [0.1, 0.15) is 25.3 Å². The van der Waals surface area contributed by atoms with Crippen molar-refractivity contribution in [2.75, 3.05) is 26.2 Å². The summed E-state index contributed by atoms with van der Waals surface area (Å²) in [5.41, 5.74) is 1.35. The number of hydrogen-bond acceptors (Lipinski definition) is 3. The third-order valence-corrected chi connectivity index (χ3v) is 3.93. The van der Waals surface area contributed by atoms with Crippen LogP contribution in [0.5, 0.6) is 0 Å². The molecule has 1 atom stereocenters. The SMILES string of the molecule is CC1CN(Cc2ccccc2)CCCN1CCC(=O)O. The van der Waals surface area contributed by atoms with Crippen molar-refractivity contribution >= 4 is 5.97 Å². The van der Waals surface area contributed by atoms with Crippen molar-refractivity contribution in [1.82, 2.24) is 9.80 Å². The van der Waals surface area contributed by atoms with Gasteiger partial charge in [0.05, 0.1) is 6.42 Å². The van der Waals surface area contributed by atoms with Gasteiger partial charge in [-0.1, -0.05) is 30.3 Å². The van der Waals surface area contributed by atoms with E-state index in [1.165, 1.54) is 5.56 Å². The molecule has 2 rings (SSSR count). The first kappa shape index (κ1) is 15.0. The summed E-state index contributed by atoms with van der Waals surface area (Å²) in [5, 5.41) is 8.81. The summed E-state index contributed by atoms with van der Waals surface area (Å²) in [6.07, 6.45) is 1.35. The van der Waals surface area contributed by atoms with Gasteiger partial charge >= 0.3 is 5.97 Å². The third kappa shape index (κ3) is 4.62. The van der Waals surface area contributed by atoms with Crippen molar-refractivity contribution in [1.29, 1.82) is 0 Å². The third-order valence-electron chi connectivity index (χ3n) is 3.93. The maximum absolute atomic E-state index is 10.7. The molecule has 0 bridgehead atoms. The second-order valence-corrected chi connectivity index (χ2v) is 5.60. The number of carbonyl (C=O) groups is 1. The molecule has 4 nitrogen and oxygen atoms in total. The van der Waals surface area contributed by atoms with Crippen molar-refractivity contribution in [3.63, 3.8) is 0 Å². The van der Waals surface area contributed by atoms with Crippen LogP contribution in [0.15, 0.2) is 30.3 Å². The molecule has 1 saturated heterocycles. The molecule has 1 aliphatic heterocycles. The van der Waals surface area contributed by atoms with Crippen LogP contribution in [0.2, 0.25) is 0 Å². The van der Waals surface area contributed by atoms with E-state index in [-0.39, 0.29) is 6.42 Å². The summed E-state index contributed by atoms with van der Waals surface area (Å²) in [5.74, 6) is -0.706. The fourth-order valence-electron chi connectivity index (χ4n) is 2.85. The zero-order valence-corrected chi connectivity index (χ0v) is 12.2. The lowest BCUT2D eigenvalue weighted by atomic mass is 10.2. The molecule has 0 aliphatic carbocycles. The number of aliphatic carboxylic acids is 1. The van der Waals surface area contributed by atoms with E-state index in [1.807, 2.05) is 6.07 Å². The van der Waals surface area contributed by atoms with Gasteiger partial charge < -0.3 is 5.11 Å². The van der Waals surface area contributed by atoms with Gasteiger partial charge in [0.15, 0.2) is 0 Å². The lowest BCUT2D eigenvalue weighted by Gasteiger charge is -2.28. The monoisotopic (exact) mass is 276 g/mol. The van der Waals surface area contributed by atoms with Crippen molar-refractivity contribution in [3.05, 3.63) is 35.9 Å². The maximum Gasteiger partial charge on any atom is 0.304 e. The fourth-order valence-corrected chi connectivity index (χ4v) is 2.85. The Bertz CT molecular complexity index is 422. The summed E-state index contributed by atoms with van der Waals surface area (Å²) in [6, 6.07) is 10.9. The molecule has 0 saturated carbocycles. The van der Waals surface area contributed by atoms with Gasteiger partial charge in [0.2, 0.25) is 0 Å². The number of nitrogens with zero attached hydrogens (tertiary/aromatic N) is 2. The van der Waals surface area contributed by atoms with Crippen molar-refractivity contribution in [3.8, 4) is 0 Å². The van der Waals surface area contributed by atoms with Gasteiger partial charge in [-0.25, -0.2) is 0 Å². The van der Waals surface area contributed by atoms with E-state index in [9.17, 15) is 4.79 Å². The zero-order valence-electron chi connectivity index (χ0n) is 12.2. The summed E-state index contributed by atoms with van der Waals surface area (Å²) >= 11 is 0. The molecule has 110 valence electrons. The minimum absolute atomic E-state index is 0.239. The Morgan fingerprint density at radius 2 is 2.05 bits per heavy atom.